The van der Waals surface area contributed by atoms with E-state index in [2.05, 4.69) is 5.32 Å². The molecule has 20 atom stereocenters. The number of carbonyl (C=O) groups excluding carboxylic acids is 1. The molecule has 4 saturated heterocycles. The first kappa shape index (κ1) is 38.5. The van der Waals surface area contributed by atoms with Crippen LogP contribution < -0.4 is 5.32 Å². The van der Waals surface area contributed by atoms with Crippen LogP contribution in [0.1, 0.15) is 13.8 Å². The van der Waals surface area contributed by atoms with Crippen LogP contribution in [0.15, 0.2) is 0 Å². The maximum Gasteiger partial charge on any atom is 0.217 e. The Hall–Kier alpha value is -1.29. The van der Waals surface area contributed by atoms with Gasteiger partial charge in [-0.25, -0.2) is 0 Å². The lowest BCUT2D eigenvalue weighted by Gasteiger charge is -2.49. The number of aliphatic hydroxyl groups excluding tert-OH is 12. The van der Waals surface area contributed by atoms with E-state index < -0.39 is 148 Å². The minimum atomic E-state index is -2.04. The van der Waals surface area contributed by atoms with Crippen LogP contribution in [0.2, 0.25) is 0 Å². The van der Waals surface area contributed by atoms with Crippen LogP contribution >= 0.6 is 0 Å². The van der Waals surface area contributed by atoms with Gasteiger partial charge in [0.2, 0.25) is 5.91 Å². The van der Waals surface area contributed by atoms with Gasteiger partial charge in [-0.15, -0.1) is 0 Å². The SMILES string of the molecule is CC(=O)N[C@@H]1[C@@H](O[C@H]2O[C@H](CO)[C@H](O)[C@H](O[C@H]3O[C@H](CO)[C@H](O)[C@H](O)[C@H]3O[C@@H]3O[C@@H](C)[C@@H](O)[C@@H](O)[C@@H]3O)[C@H]2O)[C@@H](O)[C@@H](CO)O[C@@H]1O. The molecule has 4 heterocycles. The number of aliphatic hydroxyl groups is 12. The Kier molecular flexibility index (Phi) is 13.2. The monoisotopic (exact) mass is 691 g/mol. The van der Waals surface area contributed by atoms with Gasteiger partial charge in [0.15, 0.2) is 25.2 Å². The Morgan fingerprint density at radius 2 is 1.04 bits per heavy atom. The first-order valence-electron chi connectivity index (χ1n) is 15.0. The second kappa shape index (κ2) is 16.2. The summed E-state index contributed by atoms with van der Waals surface area (Å²) in [6.07, 6.45) is -32.7. The van der Waals surface area contributed by atoms with E-state index in [9.17, 15) is 66.1 Å². The van der Waals surface area contributed by atoms with Gasteiger partial charge in [-0.2, -0.15) is 0 Å². The van der Waals surface area contributed by atoms with E-state index in [0.717, 1.165) is 6.92 Å². The van der Waals surface area contributed by atoms with E-state index in [1.807, 2.05) is 0 Å². The predicted octanol–water partition coefficient (Wildman–Crippen LogP) is -8.58. The highest BCUT2D eigenvalue weighted by atomic mass is 16.8. The fourth-order valence-corrected chi connectivity index (χ4v) is 5.86. The standard InChI is InChI=1S/C26H45NO20/c1-6-12(32)16(36)18(38)24(41-6)47-22-17(37)13(33)8(3-28)44-26(22)46-21-15(35)10(5-30)43-25(19(21)39)45-20-11(27-7(2)31)23(40)42-9(4-29)14(20)34/h6,8-26,28-30,32-40H,3-5H2,1-2H3,(H,27,31)/t6-,8+,9+,10+,11+,12+,13-,14-,15-,16+,17-,18-,19+,20+,21-,22+,23-,24-,25+,26+/m0/s1. The number of carbonyl (C=O) groups is 1. The van der Waals surface area contributed by atoms with Crippen molar-refractivity contribution < 1.29 is 99.2 Å². The molecule has 0 aromatic heterocycles. The number of ether oxygens (including phenoxy) is 7. The maximum atomic E-state index is 11.8. The molecule has 21 heteroatoms. The Labute approximate surface area is 267 Å². The minimum Gasteiger partial charge on any atom is -0.394 e. The molecule has 274 valence electrons. The highest BCUT2D eigenvalue weighted by Gasteiger charge is 2.55. The molecule has 47 heavy (non-hydrogen) atoms. The third-order valence-corrected chi connectivity index (χ3v) is 8.57. The summed E-state index contributed by atoms with van der Waals surface area (Å²) in [5, 5.41) is 127. The van der Waals surface area contributed by atoms with Crippen molar-refractivity contribution >= 4 is 5.91 Å². The van der Waals surface area contributed by atoms with Gasteiger partial charge in [-0.1, -0.05) is 0 Å². The third kappa shape index (κ3) is 8.04. The van der Waals surface area contributed by atoms with Crippen LogP contribution in [0, 0.1) is 0 Å². The Bertz CT molecular complexity index is 1010. The first-order valence-corrected chi connectivity index (χ1v) is 15.0. The molecule has 4 aliphatic rings. The van der Waals surface area contributed by atoms with Gasteiger partial charge < -0.3 is 99.8 Å². The van der Waals surface area contributed by atoms with Crippen molar-refractivity contribution in [2.75, 3.05) is 19.8 Å². The van der Waals surface area contributed by atoms with Crippen molar-refractivity contribution in [2.24, 2.45) is 0 Å². The lowest BCUT2D eigenvalue weighted by atomic mass is 9.95. The van der Waals surface area contributed by atoms with Crippen LogP contribution in [-0.4, -0.2) is 210 Å². The van der Waals surface area contributed by atoms with Crippen molar-refractivity contribution in [3.63, 3.8) is 0 Å². The van der Waals surface area contributed by atoms with Crippen LogP contribution in [0.25, 0.3) is 0 Å². The Morgan fingerprint density at radius 3 is 1.64 bits per heavy atom. The van der Waals surface area contributed by atoms with Crippen LogP contribution in [0.4, 0.5) is 0 Å². The summed E-state index contributed by atoms with van der Waals surface area (Å²) in [7, 11) is 0. The molecule has 21 nitrogen and oxygen atoms in total. The zero-order valence-electron chi connectivity index (χ0n) is 25.3. The molecule has 4 rings (SSSR count). The topological polar surface area (TPSA) is 336 Å². The molecular formula is C26H45NO20. The summed E-state index contributed by atoms with van der Waals surface area (Å²) in [6.45, 7) is -0.104. The summed E-state index contributed by atoms with van der Waals surface area (Å²) in [6, 6.07) is -1.47. The molecule has 0 saturated carbocycles. The van der Waals surface area contributed by atoms with Gasteiger partial charge >= 0.3 is 0 Å². The first-order chi connectivity index (χ1) is 22.1. The molecule has 13 N–H and O–H groups in total. The van der Waals surface area contributed by atoms with Crippen LogP contribution in [0.3, 0.4) is 0 Å². The van der Waals surface area contributed by atoms with Crippen molar-refractivity contribution in [1.29, 1.82) is 0 Å². The number of amides is 1. The Balaban J connectivity index is 1.60. The van der Waals surface area contributed by atoms with E-state index in [-0.39, 0.29) is 0 Å². The molecule has 0 aliphatic carbocycles. The molecule has 0 spiro atoms. The predicted molar refractivity (Wildman–Crippen MR) is 144 cm³/mol. The van der Waals surface area contributed by atoms with Gasteiger partial charge in [-0.05, 0) is 6.92 Å². The second-order valence-corrected chi connectivity index (χ2v) is 11.9. The van der Waals surface area contributed by atoms with Gasteiger partial charge in [0.25, 0.3) is 0 Å². The smallest absolute Gasteiger partial charge is 0.217 e. The van der Waals surface area contributed by atoms with Gasteiger partial charge in [0.1, 0.15) is 91.5 Å². The maximum absolute atomic E-state index is 11.8. The van der Waals surface area contributed by atoms with E-state index in [1.165, 1.54) is 6.92 Å². The molecule has 0 aromatic rings. The number of hydrogen-bond acceptors (Lipinski definition) is 20. The fourth-order valence-electron chi connectivity index (χ4n) is 5.86. The molecule has 0 bridgehead atoms. The lowest BCUT2D eigenvalue weighted by Crippen LogP contribution is -2.69. The zero-order chi connectivity index (χ0) is 34.9. The summed E-state index contributed by atoms with van der Waals surface area (Å²) in [5.74, 6) is -0.681. The molecule has 0 radical (unpaired) electrons. The lowest BCUT2D eigenvalue weighted by molar-refractivity contribution is -0.392. The van der Waals surface area contributed by atoms with Crippen molar-refractivity contribution in [3.05, 3.63) is 0 Å². The van der Waals surface area contributed by atoms with E-state index in [0.29, 0.717) is 0 Å². The summed E-state index contributed by atoms with van der Waals surface area (Å²) >= 11 is 0. The average molecular weight is 692 g/mol. The van der Waals surface area contributed by atoms with E-state index in [1.54, 1.807) is 0 Å². The van der Waals surface area contributed by atoms with Gasteiger partial charge in [0.05, 0.1) is 25.9 Å². The molecule has 0 unspecified atom stereocenters. The second-order valence-electron chi connectivity index (χ2n) is 11.9. The molecular weight excluding hydrogens is 646 g/mol. The normalized spacial score (nSPS) is 51.0. The molecule has 0 aromatic carbocycles. The number of rotatable bonds is 10. The summed E-state index contributed by atoms with van der Waals surface area (Å²) < 4.78 is 38.8. The summed E-state index contributed by atoms with van der Waals surface area (Å²) in [5.41, 5.74) is 0. The number of nitrogens with one attached hydrogen (secondary N) is 1. The quantitative estimate of drug-likeness (QED) is 0.101. The van der Waals surface area contributed by atoms with E-state index in [4.69, 9.17) is 33.2 Å². The molecule has 4 fully saturated rings. The van der Waals surface area contributed by atoms with Gasteiger partial charge in [0, 0.05) is 6.92 Å². The van der Waals surface area contributed by atoms with Crippen LogP contribution in [-0.2, 0) is 38.0 Å². The minimum absolute atomic E-state index is 0.681. The van der Waals surface area contributed by atoms with Crippen molar-refractivity contribution in [1.82, 2.24) is 5.32 Å². The fraction of sp³-hybridized carbons (Fsp3) is 0.962. The third-order valence-electron chi connectivity index (χ3n) is 8.57. The molecule has 4 aliphatic heterocycles. The average Bonchev–Trinajstić information content (AvgIpc) is 3.03. The largest absolute Gasteiger partial charge is 0.394 e. The summed E-state index contributed by atoms with van der Waals surface area (Å²) in [4.78, 5) is 11.8. The Morgan fingerprint density at radius 1 is 0.553 bits per heavy atom. The molecule has 1 amide bonds. The van der Waals surface area contributed by atoms with Crippen molar-refractivity contribution in [2.45, 2.75) is 137 Å². The number of hydrogen-bond donors (Lipinski definition) is 13. The zero-order valence-corrected chi connectivity index (χ0v) is 25.3. The highest BCUT2D eigenvalue weighted by molar-refractivity contribution is 5.73. The van der Waals surface area contributed by atoms with E-state index >= 15 is 0 Å². The van der Waals surface area contributed by atoms with Crippen molar-refractivity contribution in [3.8, 4) is 0 Å². The van der Waals surface area contributed by atoms with Gasteiger partial charge in [-0.3, -0.25) is 4.79 Å². The highest BCUT2D eigenvalue weighted by Crippen LogP contribution is 2.34. The van der Waals surface area contributed by atoms with Crippen LogP contribution in [0.5, 0.6) is 0 Å².